The van der Waals surface area contributed by atoms with Crippen molar-refractivity contribution in [1.82, 2.24) is 0 Å². The van der Waals surface area contributed by atoms with Crippen LogP contribution in [-0.4, -0.2) is 11.8 Å². The van der Waals surface area contributed by atoms with Gasteiger partial charge in [-0.05, 0) is 16.9 Å². The van der Waals surface area contributed by atoms with E-state index in [2.05, 4.69) is 0 Å². The first-order chi connectivity index (χ1) is 8.96. The Labute approximate surface area is 116 Å². The molecule has 2 heterocycles. The van der Waals surface area contributed by atoms with Gasteiger partial charge in [0.15, 0.2) is 5.78 Å². The van der Waals surface area contributed by atoms with Gasteiger partial charge in [-0.1, -0.05) is 19.9 Å². The molecule has 1 aliphatic heterocycles. The minimum atomic E-state index is -0.220. The molecule has 0 N–H and O–H groups in total. The summed E-state index contributed by atoms with van der Waals surface area (Å²) in [5.41, 5.74) is 0.620. The van der Waals surface area contributed by atoms with Crippen LogP contribution in [0.25, 0.3) is 0 Å². The second kappa shape index (κ2) is 4.30. The quantitative estimate of drug-likeness (QED) is 0.738. The maximum Gasteiger partial charge on any atom is 0.311 e. The Hall–Kier alpha value is -1.42. The van der Waals surface area contributed by atoms with Crippen molar-refractivity contribution >= 4 is 23.1 Å². The van der Waals surface area contributed by atoms with Crippen molar-refractivity contribution in [2.24, 2.45) is 5.41 Å². The highest BCUT2D eigenvalue weighted by Crippen LogP contribution is 2.46. The molecule has 0 unspecified atom stereocenters. The molecule has 1 aromatic heterocycles. The molecule has 0 saturated carbocycles. The minimum Gasteiger partial charge on any atom is -0.431 e. The van der Waals surface area contributed by atoms with Crippen molar-refractivity contribution < 1.29 is 14.3 Å². The summed E-state index contributed by atoms with van der Waals surface area (Å²) in [6.45, 7) is 4.08. The monoisotopic (exact) mass is 276 g/mol. The molecular formula is C15H16O3S. The van der Waals surface area contributed by atoms with Crippen LogP contribution in [0.4, 0.5) is 0 Å². The van der Waals surface area contributed by atoms with Crippen LogP contribution in [0.15, 0.2) is 28.8 Å². The lowest BCUT2D eigenvalue weighted by atomic mass is 9.72. The molecule has 0 amide bonds. The highest BCUT2D eigenvalue weighted by atomic mass is 32.1. The van der Waals surface area contributed by atoms with E-state index in [0.717, 1.165) is 10.5 Å². The van der Waals surface area contributed by atoms with Gasteiger partial charge in [-0.25, -0.2) is 0 Å². The van der Waals surface area contributed by atoms with Gasteiger partial charge in [0.25, 0.3) is 0 Å². The molecule has 2 aliphatic rings. The molecule has 0 aromatic carbocycles. The van der Waals surface area contributed by atoms with Crippen LogP contribution in [0.5, 0.6) is 0 Å². The van der Waals surface area contributed by atoms with E-state index in [4.69, 9.17) is 4.74 Å². The Morgan fingerprint density at radius 3 is 2.79 bits per heavy atom. The average molecular weight is 276 g/mol. The lowest BCUT2D eigenvalue weighted by Crippen LogP contribution is -2.33. The molecule has 3 nitrogen and oxygen atoms in total. The van der Waals surface area contributed by atoms with Crippen molar-refractivity contribution in [3.8, 4) is 0 Å². The molecule has 1 aromatic rings. The van der Waals surface area contributed by atoms with Crippen LogP contribution in [0, 0.1) is 5.41 Å². The van der Waals surface area contributed by atoms with Gasteiger partial charge >= 0.3 is 5.97 Å². The third-order valence-corrected chi connectivity index (χ3v) is 4.71. The number of ether oxygens (including phenoxy) is 1. The zero-order chi connectivity index (χ0) is 13.6. The fourth-order valence-corrected chi connectivity index (χ4v) is 3.77. The number of carbonyl (C=O) groups excluding carboxylic acids is 2. The summed E-state index contributed by atoms with van der Waals surface area (Å²) < 4.78 is 5.35. The Morgan fingerprint density at radius 2 is 2.11 bits per heavy atom. The van der Waals surface area contributed by atoms with E-state index in [1.165, 1.54) is 0 Å². The van der Waals surface area contributed by atoms with E-state index >= 15 is 0 Å². The number of esters is 1. The Balaban J connectivity index is 2.07. The number of thiophene rings is 1. The first-order valence-corrected chi connectivity index (χ1v) is 7.34. The number of hydrogen-bond acceptors (Lipinski definition) is 4. The van der Waals surface area contributed by atoms with Gasteiger partial charge in [-0.3, -0.25) is 9.59 Å². The zero-order valence-corrected chi connectivity index (χ0v) is 11.9. The number of carbonyl (C=O) groups is 2. The maximum absolute atomic E-state index is 12.4. The average Bonchev–Trinajstić information content (AvgIpc) is 2.78. The molecular weight excluding hydrogens is 260 g/mol. The number of Topliss-reactive ketones (excluding diaryl/α,β-unsaturated/α-hetero) is 1. The molecule has 0 fully saturated rings. The second-order valence-electron chi connectivity index (χ2n) is 6.02. The Morgan fingerprint density at radius 1 is 1.32 bits per heavy atom. The van der Waals surface area contributed by atoms with E-state index in [-0.39, 0.29) is 29.5 Å². The van der Waals surface area contributed by atoms with Gasteiger partial charge in [-0.2, -0.15) is 0 Å². The van der Waals surface area contributed by atoms with Gasteiger partial charge in [-0.15, -0.1) is 11.3 Å². The lowest BCUT2D eigenvalue weighted by Gasteiger charge is -2.36. The van der Waals surface area contributed by atoms with Crippen LogP contribution in [0.1, 0.15) is 43.9 Å². The van der Waals surface area contributed by atoms with Crippen molar-refractivity contribution in [2.45, 2.75) is 39.0 Å². The Kier molecular flexibility index (Phi) is 2.86. The minimum absolute atomic E-state index is 0.0974. The summed E-state index contributed by atoms with van der Waals surface area (Å²) in [4.78, 5) is 25.3. The van der Waals surface area contributed by atoms with Crippen molar-refractivity contribution in [3.05, 3.63) is 33.7 Å². The van der Waals surface area contributed by atoms with Gasteiger partial charge in [0.1, 0.15) is 5.76 Å². The molecule has 0 bridgehead atoms. The summed E-state index contributed by atoms with van der Waals surface area (Å²) >= 11 is 1.59. The lowest BCUT2D eigenvalue weighted by molar-refractivity contribution is -0.142. The first kappa shape index (κ1) is 12.6. The highest BCUT2D eigenvalue weighted by molar-refractivity contribution is 7.10. The summed E-state index contributed by atoms with van der Waals surface area (Å²) in [6.07, 6.45) is 1.48. The molecule has 0 spiro atoms. The van der Waals surface area contributed by atoms with Gasteiger partial charge in [0.05, 0.1) is 6.42 Å². The van der Waals surface area contributed by atoms with Crippen LogP contribution in [0.3, 0.4) is 0 Å². The van der Waals surface area contributed by atoms with Crippen molar-refractivity contribution in [2.75, 3.05) is 0 Å². The second-order valence-corrected chi connectivity index (χ2v) is 7.00. The standard InChI is InChI=1S/C15H16O3S/c1-15(2)7-10(16)14-9(12-4-3-5-19-12)6-13(17)18-11(14)8-15/h3-5,9H,6-8H2,1-2H3/t9-/m1/s1. The maximum atomic E-state index is 12.4. The fraction of sp³-hybridized carbons (Fsp3) is 0.467. The van der Waals surface area contributed by atoms with Crippen molar-refractivity contribution in [3.63, 3.8) is 0 Å². The summed E-state index contributed by atoms with van der Waals surface area (Å²) in [5.74, 6) is 0.426. The molecule has 100 valence electrons. The third kappa shape index (κ3) is 2.25. The van der Waals surface area contributed by atoms with Crippen molar-refractivity contribution in [1.29, 1.82) is 0 Å². The molecule has 1 aliphatic carbocycles. The molecule has 0 radical (unpaired) electrons. The number of hydrogen-bond donors (Lipinski definition) is 0. The predicted molar refractivity (Wildman–Crippen MR) is 72.8 cm³/mol. The summed E-state index contributed by atoms with van der Waals surface area (Å²) in [5, 5.41) is 1.98. The SMILES string of the molecule is CC1(C)CC(=O)C2=C(C1)OC(=O)C[C@@H]2c1cccs1. The molecule has 19 heavy (non-hydrogen) atoms. The van der Waals surface area contributed by atoms with E-state index in [9.17, 15) is 9.59 Å². The number of ketones is 1. The van der Waals surface area contributed by atoms with E-state index in [1.807, 2.05) is 31.4 Å². The smallest absolute Gasteiger partial charge is 0.311 e. The first-order valence-electron chi connectivity index (χ1n) is 6.47. The van der Waals surface area contributed by atoms with Crippen LogP contribution in [-0.2, 0) is 14.3 Å². The molecule has 4 heteroatoms. The normalized spacial score (nSPS) is 26.1. The molecule has 3 rings (SSSR count). The van der Waals surface area contributed by atoms with Crippen LogP contribution in [0.2, 0.25) is 0 Å². The van der Waals surface area contributed by atoms with Gasteiger partial charge < -0.3 is 4.74 Å². The predicted octanol–water partition coefficient (Wildman–Crippen LogP) is 3.42. The van der Waals surface area contributed by atoms with E-state index in [1.54, 1.807) is 11.3 Å². The molecule has 1 atom stereocenters. The van der Waals surface area contributed by atoms with Crippen LogP contribution >= 0.6 is 11.3 Å². The third-order valence-electron chi connectivity index (χ3n) is 3.72. The Bertz CT molecular complexity index is 566. The van der Waals surface area contributed by atoms with Crippen LogP contribution < -0.4 is 0 Å². The molecule has 0 saturated heterocycles. The summed E-state index contributed by atoms with van der Waals surface area (Å²) in [7, 11) is 0. The topological polar surface area (TPSA) is 43.4 Å². The zero-order valence-electron chi connectivity index (χ0n) is 11.1. The van der Waals surface area contributed by atoms with E-state index < -0.39 is 0 Å². The number of rotatable bonds is 1. The van der Waals surface area contributed by atoms with E-state index in [0.29, 0.717) is 18.6 Å². The summed E-state index contributed by atoms with van der Waals surface area (Å²) in [6, 6.07) is 3.95. The largest absolute Gasteiger partial charge is 0.431 e. The number of allylic oxidation sites excluding steroid dienone is 2. The highest BCUT2D eigenvalue weighted by Gasteiger charge is 2.42. The fourth-order valence-electron chi connectivity index (χ4n) is 2.94. The van der Waals surface area contributed by atoms with Gasteiger partial charge in [0, 0.05) is 29.2 Å². The van der Waals surface area contributed by atoms with Gasteiger partial charge in [0.2, 0.25) is 0 Å².